The van der Waals surface area contributed by atoms with Crippen molar-refractivity contribution in [3.8, 4) is 0 Å². The monoisotopic (exact) mass is 241 g/mol. The highest BCUT2D eigenvalue weighted by Gasteiger charge is 2.24. The fourth-order valence-electron chi connectivity index (χ4n) is 1.46. The van der Waals surface area contributed by atoms with Gasteiger partial charge in [-0.25, -0.2) is 9.59 Å². The number of aliphatic carboxylic acids is 1. The first kappa shape index (κ1) is 13.5. The Morgan fingerprint density at radius 3 is 2.71 bits per heavy atom. The Labute approximate surface area is 101 Å². The van der Waals surface area contributed by atoms with Crippen LogP contribution in [0.1, 0.15) is 33.1 Å². The lowest BCUT2D eigenvalue weighted by molar-refractivity contribution is -0.139. The molecule has 0 fully saturated rings. The summed E-state index contributed by atoms with van der Waals surface area (Å²) in [5.41, 5.74) is 1.21. The second-order valence-corrected chi connectivity index (χ2v) is 4.29. The molecule has 2 atom stereocenters. The second-order valence-electron chi connectivity index (χ2n) is 4.29. The molecule has 0 saturated carbocycles. The van der Waals surface area contributed by atoms with E-state index in [0.29, 0.717) is 13.0 Å². The van der Waals surface area contributed by atoms with Crippen LogP contribution in [0.2, 0.25) is 0 Å². The number of amides is 1. The molecule has 2 unspecified atom stereocenters. The number of rotatable bonds is 7. The molecule has 0 aliphatic heterocycles. The lowest BCUT2D eigenvalue weighted by Gasteiger charge is -2.14. The van der Waals surface area contributed by atoms with Crippen molar-refractivity contribution in [1.82, 2.24) is 5.32 Å². The normalized spacial score (nSPS) is 19.2. The van der Waals surface area contributed by atoms with Gasteiger partial charge in [0.2, 0.25) is 0 Å². The Bertz CT molecular complexity index is 324. The van der Waals surface area contributed by atoms with E-state index in [1.165, 1.54) is 5.57 Å². The molecule has 96 valence electrons. The number of carboxylic acid groups (broad SMARTS) is 1. The van der Waals surface area contributed by atoms with Crippen LogP contribution in [0.15, 0.2) is 11.6 Å². The van der Waals surface area contributed by atoms with Crippen LogP contribution in [0.3, 0.4) is 0 Å². The molecule has 0 heterocycles. The number of nitrogens with one attached hydrogen (secondary N) is 1. The number of hydrogen-bond donors (Lipinski definition) is 2. The fourth-order valence-corrected chi connectivity index (χ4v) is 1.46. The van der Waals surface area contributed by atoms with Gasteiger partial charge in [0.05, 0.1) is 0 Å². The van der Waals surface area contributed by atoms with E-state index in [0.717, 1.165) is 12.8 Å². The largest absolute Gasteiger partial charge is 0.480 e. The van der Waals surface area contributed by atoms with Gasteiger partial charge >= 0.3 is 12.1 Å². The maximum atomic E-state index is 11.3. The van der Waals surface area contributed by atoms with E-state index >= 15 is 0 Å². The molecular weight excluding hydrogens is 222 g/mol. The highest BCUT2D eigenvalue weighted by atomic mass is 16.5. The van der Waals surface area contributed by atoms with Crippen molar-refractivity contribution >= 4 is 12.1 Å². The van der Waals surface area contributed by atoms with Crippen molar-refractivity contribution in [1.29, 1.82) is 0 Å². The highest BCUT2D eigenvalue weighted by molar-refractivity contribution is 5.79. The lowest BCUT2D eigenvalue weighted by atomic mass is 10.1. The van der Waals surface area contributed by atoms with E-state index in [4.69, 9.17) is 9.84 Å². The van der Waals surface area contributed by atoms with E-state index in [1.54, 1.807) is 0 Å². The quantitative estimate of drug-likeness (QED) is 0.668. The highest BCUT2D eigenvalue weighted by Crippen LogP contribution is 2.27. The Morgan fingerprint density at radius 2 is 2.24 bits per heavy atom. The molecule has 17 heavy (non-hydrogen) atoms. The first-order chi connectivity index (χ1) is 8.04. The molecule has 0 spiro atoms. The van der Waals surface area contributed by atoms with Crippen molar-refractivity contribution < 1.29 is 19.4 Å². The van der Waals surface area contributed by atoms with E-state index in [9.17, 15) is 9.59 Å². The maximum absolute atomic E-state index is 11.3. The van der Waals surface area contributed by atoms with Crippen LogP contribution in [0.4, 0.5) is 4.79 Å². The molecule has 0 aromatic carbocycles. The molecule has 0 aromatic heterocycles. The van der Waals surface area contributed by atoms with Gasteiger partial charge in [0.1, 0.15) is 12.6 Å². The van der Waals surface area contributed by atoms with Gasteiger partial charge in [-0.1, -0.05) is 31.4 Å². The molecule has 0 radical (unpaired) electrons. The summed E-state index contributed by atoms with van der Waals surface area (Å²) in [7, 11) is 0. The fraction of sp³-hybridized carbons (Fsp3) is 0.667. The van der Waals surface area contributed by atoms with Crippen LogP contribution < -0.4 is 5.32 Å². The van der Waals surface area contributed by atoms with Crippen molar-refractivity contribution in [2.45, 2.75) is 39.2 Å². The molecule has 0 saturated heterocycles. The van der Waals surface area contributed by atoms with Gasteiger partial charge in [-0.3, -0.25) is 0 Å². The predicted octanol–water partition coefficient (Wildman–Crippen LogP) is 1.93. The number of carbonyl (C=O) groups is 2. The molecule has 1 aliphatic rings. The summed E-state index contributed by atoms with van der Waals surface area (Å²) in [4.78, 5) is 22.2. The predicted molar refractivity (Wildman–Crippen MR) is 62.7 cm³/mol. The minimum atomic E-state index is -1.02. The van der Waals surface area contributed by atoms with Crippen molar-refractivity contribution in [2.75, 3.05) is 6.61 Å². The Balaban J connectivity index is 2.23. The third-order valence-electron chi connectivity index (χ3n) is 2.77. The molecule has 2 N–H and O–H groups in total. The lowest BCUT2D eigenvalue weighted by Crippen LogP contribution is -2.41. The number of unbranched alkanes of at least 4 members (excludes halogenated alkanes) is 1. The Morgan fingerprint density at radius 1 is 1.59 bits per heavy atom. The van der Waals surface area contributed by atoms with Gasteiger partial charge in [-0.05, 0) is 13.3 Å². The first-order valence-corrected chi connectivity index (χ1v) is 5.89. The maximum Gasteiger partial charge on any atom is 0.407 e. The average molecular weight is 241 g/mol. The van der Waals surface area contributed by atoms with Gasteiger partial charge in [0.15, 0.2) is 0 Å². The zero-order valence-corrected chi connectivity index (χ0v) is 10.2. The number of carboxylic acids is 1. The number of ether oxygens (including phenoxy) is 1. The van der Waals surface area contributed by atoms with Gasteiger partial charge < -0.3 is 15.2 Å². The third-order valence-corrected chi connectivity index (χ3v) is 2.77. The van der Waals surface area contributed by atoms with Gasteiger partial charge in [0.25, 0.3) is 0 Å². The van der Waals surface area contributed by atoms with E-state index in [1.807, 2.05) is 19.9 Å². The van der Waals surface area contributed by atoms with Crippen LogP contribution in [0.25, 0.3) is 0 Å². The summed E-state index contributed by atoms with van der Waals surface area (Å²) in [6.07, 6.45) is 3.44. The van der Waals surface area contributed by atoms with E-state index in [-0.39, 0.29) is 5.92 Å². The van der Waals surface area contributed by atoms with Gasteiger partial charge in [-0.2, -0.15) is 0 Å². The van der Waals surface area contributed by atoms with Crippen molar-refractivity contribution in [3.63, 3.8) is 0 Å². The molecule has 5 nitrogen and oxygen atoms in total. The summed E-state index contributed by atoms with van der Waals surface area (Å²) < 4.78 is 4.93. The number of carbonyl (C=O) groups excluding carboxylic acids is 1. The molecule has 5 heteroatoms. The molecule has 1 rings (SSSR count). The summed E-state index contributed by atoms with van der Waals surface area (Å²) >= 11 is 0. The zero-order chi connectivity index (χ0) is 12.8. The van der Waals surface area contributed by atoms with Crippen molar-refractivity contribution in [2.24, 2.45) is 5.92 Å². The Kier molecular flexibility index (Phi) is 5.00. The van der Waals surface area contributed by atoms with Crippen LogP contribution >= 0.6 is 0 Å². The van der Waals surface area contributed by atoms with Crippen molar-refractivity contribution in [3.05, 3.63) is 11.6 Å². The van der Waals surface area contributed by atoms with Crippen LogP contribution in [-0.2, 0) is 9.53 Å². The minimum absolute atomic E-state index is 0.250. The first-order valence-electron chi connectivity index (χ1n) is 5.89. The van der Waals surface area contributed by atoms with Crippen LogP contribution in [0, 0.1) is 5.92 Å². The van der Waals surface area contributed by atoms with E-state index in [2.05, 4.69) is 5.32 Å². The average Bonchev–Trinajstić information content (AvgIpc) is 2.97. The summed E-state index contributed by atoms with van der Waals surface area (Å²) in [6.45, 7) is 4.24. The molecular formula is C12H19NO4. The standard InChI is InChI=1S/C12H19NO4/c1-3-4-5-10(11(14)15)13-12(16)17-7-9-6-8(9)2/h6,9-10H,3-5,7H2,1-2H3,(H,13,16)(H,14,15). The van der Waals surface area contributed by atoms with Crippen LogP contribution in [0.5, 0.6) is 0 Å². The number of hydrogen-bond acceptors (Lipinski definition) is 3. The third kappa shape index (κ3) is 4.89. The minimum Gasteiger partial charge on any atom is -0.480 e. The Hall–Kier alpha value is -1.52. The topological polar surface area (TPSA) is 75.6 Å². The van der Waals surface area contributed by atoms with Gasteiger partial charge in [-0.15, -0.1) is 0 Å². The second kappa shape index (κ2) is 6.27. The van der Waals surface area contributed by atoms with Crippen LogP contribution in [-0.4, -0.2) is 29.8 Å². The molecule has 1 aliphatic carbocycles. The summed E-state index contributed by atoms with van der Waals surface area (Å²) in [5, 5.41) is 11.3. The smallest absolute Gasteiger partial charge is 0.407 e. The zero-order valence-electron chi connectivity index (χ0n) is 10.2. The number of alkyl carbamates (subject to hydrolysis) is 1. The molecule has 1 amide bonds. The molecule has 0 aromatic rings. The summed E-state index contributed by atoms with van der Waals surface area (Å²) in [6, 6.07) is -0.851. The van der Waals surface area contributed by atoms with E-state index < -0.39 is 18.1 Å². The molecule has 0 bridgehead atoms. The SMILES string of the molecule is CCCCC(NC(=O)OCC1C=C1C)C(=O)O. The summed E-state index contributed by atoms with van der Waals surface area (Å²) in [5.74, 6) is -0.768. The van der Waals surface area contributed by atoms with Gasteiger partial charge in [0, 0.05) is 5.92 Å².